The SMILES string of the molecule is CCOc1cc(C2C3=C(CCCC3=O)OC3=C2C(=O)CCC3)ccc1OCc1ccc(Br)cc1. The van der Waals surface area contributed by atoms with Gasteiger partial charge in [0.25, 0.3) is 0 Å². The lowest BCUT2D eigenvalue weighted by atomic mass is 9.73. The molecule has 0 bridgehead atoms. The summed E-state index contributed by atoms with van der Waals surface area (Å²) in [6, 6.07) is 13.7. The number of hydrogen-bond acceptors (Lipinski definition) is 5. The molecular weight excluding hydrogens is 496 g/mol. The van der Waals surface area contributed by atoms with E-state index < -0.39 is 5.92 Å². The first-order valence-electron chi connectivity index (χ1n) is 11.9. The zero-order valence-electron chi connectivity index (χ0n) is 19.2. The van der Waals surface area contributed by atoms with Crippen LogP contribution >= 0.6 is 15.9 Å². The number of halogens is 1. The molecule has 5 rings (SSSR count). The predicted octanol–water partition coefficient (Wildman–Crippen LogP) is 6.55. The van der Waals surface area contributed by atoms with Crippen LogP contribution in [-0.2, 0) is 20.9 Å². The molecule has 2 aromatic carbocycles. The summed E-state index contributed by atoms with van der Waals surface area (Å²) in [4.78, 5) is 26.0. The first kappa shape index (κ1) is 22.9. The summed E-state index contributed by atoms with van der Waals surface area (Å²) in [5, 5.41) is 0. The number of ketones is 2. The molecule has 0 saturated heterocycles. The number of Topliss-reactive ketones (excluding diaryl/α,β-unsaturated/α-hetero) is 2. The minimum atomic E-state index is -0.404. The Kier molecular flexibility index (Phi) is 6.59. The van der Waals surface area contributed by atoms with Crippen LogP contribution < -0.4 is 9.47 Å². The highest BCUT2D eigenvalue weighted by molar-refractivity contribution is 9.10. The van der Waals surface area contributed by atoms with E-state index in [2.05, 4.69) is 15.9 Å². The Labute approximate surface area is 207 Å². The molecule has 0 saturated carbocycles. The van der Waals surface area contributed by atoms with Gasteiger partial charge in [-0.3, -0.25) is 9.59 Å². The molecule has 34 heavy (non-hydrogen) atoms. The molecule has 0 aromatic heterocycles. The highest BCUT2D eigenvalue weighted by atomic mass is 79.9. The van der Waals surface area contributed by atoms with Gasteiger partial charge in [-0.05, 0) is 55.2 Å². The Balaban J connectivity index is 1.52. The maximum atomic E-state index is 13.0. The molecule has 0 N–H and O–H groups in total. The van der Waals surface area contributed by atoms with Crippen LogP contribution in [0.1, 0.15) is 62.5 Å². The van der Waals surface area contributed by atoms with Crippen molar-refractivity contribution in [2.75, 3.05) is 6.61 Å². The number of carbonyl (C=O) groups is 2. The van der Waals surface area contributed by atoms with Crippen molar-refractivity contribution in [2.24, 2.45) is 0 Å². The van der Waals surface area contributed by atoms with E-state index in [0.29, 0.717) is 48.7 Å². The lowest BCUT2D eigenvalue weighted by Gasteiger charge is -2.36. The fourth-order valence-electron chi connectivity index (χ4n) is 4.98. The van der Waals surface area contributed by atoms with Gasteiger partial charge in [0.05, 0.1) is 6.61 Å². The minimum absolute atomic E-state index is 0.0738. The van der Waals surface area contributed by atoms with Crippen LogP contribution in [0.2, 0.25) is 0 Å². The molecule has 0 unspecified atom stereocenters. The normalized spacial score (nSPS) is 18.4. The van der Waals surface area contributed by atoms with Crippen molar-refractivity contribution in [3.8, 4) is 11.5 Å². The van der Waals surface area contributed by atoms with Crippen molar-refractivity contribution in [2.45, 2.75) is 58.0 Å². The van der Waals surface area contributed by atoms with Crippen molar-refractivity contribution in [3.63, 3.8) is 0 Å². The molecule has 3 aliphatic rings. The van der Waals surface area contributed by atoms with Gasteiger partial charge in [-0.2, -0.15) is 0 Å². The van der Waals surface area contributed by atoms with Gasteiger partial charge in [-0.15, -0.1) is 0 Å². The van der Waals surface area contributed by atoms with Crippen LogP contribution in [-0.4, -0.2) is 18.2 Å². The Hall–Kier alpha value is -2.86. The van der Waals surface area contributed by atoms with Crippen molar-refractivity contribution in [1.82, 2.24) is 0 Å². The quantitative estimate of drug-likeness (QED) is 0.430. The minimum Gasteiger partial charge on any atom is -0.490 e. The van der Waals surface area contributed by atoms with Crippen LogP contribution in [0.15, 0.2) is 69.6 Å². The van der Waals surface area contributed by atoms with Gasteiger partial charge in [0.15, 0.2) is 23.1 Å². The Morgan fingerprint density at radius 2 is 1.50 bits per heavy atom. The summed E-state index contributed by atoms with van der Waals surface area (Å²) >= 11 is 3.45. The van der Waals surface area contributed by atoms with Crippen LogP contribution in [0, 0.1) is 0 Å². The summed E-state index contributed by atoms with van der Waals surface area (Å²) < 4.78 is 19.2. The third-order valence-electron chi connectivity index (χ3n) is 6.55. The van der Waals surface area contributed by atoms with Gasteiger partial charge >= 0.3 is 0 Å². The first-order chi connectivity index (χ1) is 16.5. The maximum Gasteiger partial charge on any atom is 0.163 e. The molecule has 0 atom stereocenters. The molecule has 2 aliphatic carbocycles. The van der Waals surface area contributed by atoms with E-state index in [1.54, 1.807) is 0 Å². The van der Waals surface area contributed by atoms with E-state index in [0.717, 1.165) is 52.8 Å². The molecule has 0 radical (unpaired) electrons. The average Bonchev–Trinajstić information content (AvgIpc) is 2.83. The van der Waals surface area contributed by atoms with E-state index in [1.807, 2.05) is 49.4 Å². The molecule has 1 aliphatic heterocycles. The number of carbonyl (C=O) groups excluding carboxylic acids is 2. The molecule has 176 valence electrons. The molecule has 6 heteroatoms. The Bertz CT molecular complexity index is 1150. The zero-order chi connectivity index (χ0) is 23.7. The number of allylic oxidation sites excluding steroid dienone is 4. The number of hydrogen-bond donors (Lipinski definition) is 0. The van der Waals surface area contributed by atoms with Crippen molar-refractivity contribution < 1.29 is 23.8 Å². The monoisotopic (exact) mass is 522 g/mol. The van der Waals surface area contributed by atoms with Gasteiger partial charge in [-0.1, -0.05) is 34.1 Å². The first-order valence-corrected chi connectivity index (χ1v) is 12.7. The van der Waals surface area contributed by atoms with Crippen LogP contribution in [0.5, 0.6) is 11.5 Å². The standard InChI is InChI=1S/C28H27BrO5/c1-2-32-25-15-18(11-14-22(25)33-16-17-9-12-19(29)13-10-17)26-27-20(30)5-3-7-23(27)34-24-8-4-6-21(31)28(24)26/h9-15,26H,2-8,16H2,1H3. The maximum absolute atomic E-state index is 13.0. The summed E-state index contributed by atoms with van der Waals surface area (Å²) in [6.45, 7) is 2.81. The molecule has 0 fully saturated rings. The van der Waals surface area contributed by atoms with Gasteiger partial charge in [-0.25, -0.2) is 0 Å². The van der Waals surface area contributed by atoms with Crippen LogP contribution in [0.4, 0.5) is 0 Å². The largest absolute Gasteiger partial charge is 0.490 e. The highest BCUT2D eigenvalue weighted by Gasteiger charge is 2.41. The van der Waals surface area contributed by atoms with Crippen molar-refractivity contribution in [1.29, 1.82) is 0 Å². The van der Waals surface area contributed by atoms with Gasteiger partial charge in [0.1, 0.15) is 18.1 Å². The Morgan fingerprint density at radius 1 is 0.853 bits per heavy atom. The zero-order valence-corrected chi connectivity index (χ0v) is 20.8. The van der Waals surface area contributed by atoms with E-state index in [9.17, 15) is 9.59 Å². The smallest absolute Gasteiger partial charge is 0.163 e. The highest BCUT2D eigenvalue weighted by Crippen LogP contribution is 2.48. The van der Waals surface area contributed by atoms with E-state index >= 15 is 0 Å². The van der Waals surface area contributed by atoms with E-state index in [-0.39, 0.29) is 11.6 Å². The van der Waals surface area contributed by atoms with Crippen molar-refractivity contribution in [3.05, 3.63) is 80.7 Å². The molecule has 2 aromatic rings. The van der Waals surface area contributed by atoms with Gasteiger partial charge in [0.2, 0.25) is 0 Å². The average molecular weight is 523 g/mol. The number of rotatable bonds is 6. The lowest BCUT2D eigenvalue weighted by Crippen LogP contribution is -2.30. The fourth-order valence-corrected chi connectivity index (χ4v) is 5.25. The number of ether oxygens (including phenoxy) is 3. The van der Waals surface area contributed by atoms with Gasteiger partial charge < -0.3 is 14.2 Å². The number of benzene rings is 2. The fraction of sp³-hybridized carbons (Fsp3) is 0.357. The Morgan fingerprint density at radius 3 is 2.12 bits per heavy atom. The van der Waals surface area contributed by atoms with E-state index in [1.165, 1.54) is 0 Å². The topological polar surface area (TPSA) is 61.8 Å². The van der Waals surface area contributed by atoms with Crippen molar-refractivity contribution >= 4 is 27.5 Å². The third-order valence-corrected chi connectivity index (χ3v) is 7.08. The van der Waals surface area contributed by atoms with E-state index in [4.69, 9.17) is 14.2 Å². The summed E-state index contributed by atoms with van der Waals surface area (Å²) in [7, 11) is 0. The predicted molar refractivity (Wildman–Crippen MR) is 132 cm³/mol. The summed E-state index contributed by atoms with van der Waals surface area (Å²) in [6.07, 6.45) is 4.01. The molecule has 5 nitrogen and oxygen atoms in total. The second-order valence-corrected chi connectivity index (χ2v) is 9.73. The van der Waals surface area contributed by atoms with Crippen LogP contribution in [0.25, 0.3) is 0 Å². The molecular formula is C28H27BrO5. The second-order valence-electron chi connectivity index (χ2n) is 8.82. The lowest BCUT2D eigenvalue weighted by molar-refractivity contribution is -0.117. The van der Waals surface area contributed by atoms with Gasteiger partial charge in [0, 0.05) is 47.2 Å². The second kappa shape index (κ2) is 9.79. The summed E-state index contributed by atoms with van der Waals surface area (Å²) in [5.41, 5.74) is 3.20. The third kappa shape index (κ3) is 4.43. The summed E-state index contributed by atoms with van der Waals surface area (Å²) in [5.74, 6) is 2.47. The molecule has 0 amide bonds. The molecule has 0 spiro atoms. The van der Waals surface area contributed by atoms with Crippen LogP contribution in [0.3, 0.4) is 0 Å². The molecule has 1 heterocycles.